The van der Waals surface area contributed by atoms with E-state index in [9.17, 15) is 28.6 Å². The number of hydrogen-bond donors (Lipinski definition) is 5. The number of aromatic nitrogens is 2. The quantitative estimate of drug-likeness (QED) is 0.0515. The Labute approximate surface area is 494 Å². The molecule has 6 aliphatic rings. The van der Waals surface area contributed by atoms with Gasteiger partial charge in [0.15, 0.2) is 0 Å². The summed E-state index contributed by atoms with van der Waals surface area (Å²) in [6.07, 6.45) is 9.25. The van der Waals surface area contributed by atoms with Gasteiger partial charge in [0.2, 0.25) is 5.91 Å². The first-order valence-electron chi connectivity index (χ1n) is 29.2. The Morgan fingerprint density at radius 2 is 1.04 bits per heavy atom. The number of amides is 1. The summed E-state index contributed by atoms with van der Waals surface area (Å²) in [7, 11) is 0. The molecule has 4 saturated heterocycles. The number of benzene rings is 4. The number of rotatable bonds is 19. The molecule has 6 heterocycles. The maximum Gasteiger partial charge on any atom is 0.308 e. The number of hydrogen-bond acceptors (Lipinski definition) is 13. The number of aliphatic hydroxyl groups is 2. The molecule has 83 heavy (non-hydrogen) atoms. The van der Waals surface area contributed by atoms with Gasteiger partial charge in [0.1, 0.15) is 40.9 Å². The number of carboxylic acid groups (broad SMARTS) is 1. The summed E-state index contributed by atoms with van der Waals surface area (Å²) >= 11 is 12.7. The number of pyridine rings is 2. The van der Waals surface area contributed by atoms with Crippen LogP contribution >= 0.6 is 23.2 Å². The highest BCUT2D eigenvalue weighted by atomic mass is 35.5. The summed E-state index contributed by atoms with van der Waals surface area (Å²) < 4.78 is 37.9. The van der Waals surface area contributed by atoms with E-state index in [0.717, 1.165) is 111 Å². The Morgan fingerprint density at radius 1 is 0.590 bits per heavy atom. The Balaban J connectivity index is 0.000000154. The van der Waals surface area contributed by atoms with Gasteiger partial charge in [-0.3, -0.25) is 9.59 Å². The van der Waals surface area contributed by atoms with Crippen LogP contribution in [0.3, 0.4) is 0 Å². The first kappa shape index (κ1) is 59.7. The molecule has 15 nitrogen and oxygen atoms in total. The van der Waals surface area contributed by atoms with Crippen molar-refractivity contribution in [2.24, 2.45) is 17.6 Å². The molecule has 1 unspecified atom stereocenters. The van der Waals surface area contributed by atoms with Crippen molar-refractivity contribution in [2.75, 3.05) is 75.2 Å². The Bertz CT molecular complexity index is 3130. The molecule has 6 atom stereocenters. The highest BCUT2D eigenvalue weighted by Gasteiger charge is 2.35. The molecule has 0 bridgehead atoms. The van der Waals surface area contributed by atoms with E-state index in [1.165, 1.54) is 37.1 Å². The number of nitrogens with zero attached hydrogens (tertiary/aromatic N) is 6. The minimum atomic E-state index is -0.904. The van der Waals surface area contributed by atoms with E-state index >= 15 is 0 Å². The predicted octanol–water partition coefficient (Wildman–Crippen LogP) is 10.4. The third-order valence-corrected chi connectivity index (χ3v) is 16.8. The third-order valence-electron chi connectivity index (χ3n) is 16.2. The summed E-state index contributed by atoms with van der Waals surface area (Å²) in [5.41, 5.74) is 10.8. The van der Waals surface area contributed by atoms with Gasteiger partial charge in [-0.2, -0.15) is 0 Å². The van der Waals surface area contributed by atoms with E-state index in [2.05, 4.69) is 25.0 Å². The van der Waals surface area contributed by atoms with Gasteiger partial charge in [-0.05, 0) is 199 Å². The molecular formula is C64H74Cl2F2N8O7. The van der Waals surface area contributed by atoms with Gasteiger partial charge in [0, 0.05) is 56.4 Å². The van der Waals surface area contributed by atoms with Crippen LogP contribution in [0.25, 0.3) is 22.5 Å². The number of likely N-dealkylation sites (tertiary alicyclic amines) is 2. The molecule has 1 amide bonds. The molecule has 6 N–H and O–H groups in total. The van der Waals surface area contributed by atoms with Crippen LogP contribution in [0.5, 0.6) is 11.5 Å². The first-order valence-corrected chi connectivity index (χ1v) is 29.9. The van der Waals surface area contributed by atoms with Gasteiger partial charge >= 0.3 is 5.97 Å². The van der Waals surface area contributed by atoms with E-state index in [4.69, 9.17) is 48.5 Å². The lowest BCUT2D eigenvalue weighted by Crippen LogP contribution is -2.48. The molecule has 0 radical (unpaired) electrons. The lowest BCUT2D eigenvalue weighted by Gasteiger charge is -2.30. The van der Waals surface area contributed by atoms with Crippen molar-refractivity contribution in [2.45, 2.75) is 101 Å². The fourth-order valence-corrected chi connectivity index (χ4v) is 11.5. The van der Waals surface area contributed by atoms with Crippen LogP contribution in [0.4, 0.5) is 20.4 Å². The molecular weight excluding hydrogens is 1100 g/mol. The van der Waals surface area contributed by atoms with Crippen molar-refractivity contribution >= 4 is 46.7 Å². The first-order chi connectivity index (χ1) is 40.2. The molecule has 6 aromatic rings. The molecule has 4 aliphatic heterocycles. The van der Waals surface area contributed by atoms with E-state index in [-0.39, 0.29) is 41.5 Å². The number of carbonyl (C=O) groups excluding carboxylic acids is 1. The van der Waals surface area contributed by atoms with E-state index in [0.29, 0.717) is 78.8 Å². The molecule has 0 spiro atoms. The molecule has 2 saturated carbocycles. The molecule has 6 fully saturated rings. The smallest absolute Gasteiger partial charge is 0.308 e. The average Bonchev–Trinajstić information content (AvgIpc) is 4.26. The standard InChI is InChI=1S/C32H36ClFN4O3.C16H23ClN2O2.C16H15FN2O2/c33-26-18-22(8-13-29(26)41-25-11-12-25)31(39)28(20-37-15-1-2-16-37)36-32(40)23-14-17-38(19-23)30-5-3-4-27(35-30)21-6-9-24(34)10-7-21;17-13-9-11(3-6-15(13)21-12-4-5-12)16(20)14(18)10-19-7-1-2-8-19;17-13-6-4-11(5-7-13)14-2-1-3-15(18-14)19-9-8-12(10-19)16(20)21/h3-10,13,18,23,25,28,31,39H,1-2,11-12,14-17,19-20H2,(H,36,40);3,6,9,12,14,16,20H,1-2,4-5,7-8,10,18H2;1-7,12H,8-10H2,(H,20,21)/t23-,28-,31-;14-,16?;12-/m111/s1. The van der Waals surface area contributed by atoms with Crippen LogP contribution < -0.4 is 30.3 Å². The lowest BCUT2D eigenvalue weighted by atomic mass is 10.00. The second-order valence-corrected chi connectivity index (χ2v) is 23.5. The van der Waals surface area contributed by atoms with Crippen molar-refractivity contribution < 1.29 is 43.2 Å². The summed E-state index contributed by atoms with van der Waals surface area (Å²) in [4.78, 5) is 42.6. The zero-order valence-electron chi connectivity index (χ0n) is 46.6. The second-order valence-electron chi connectivity index (χ2n) is 22.7. The molecule has 19 heteroatoms. The van der Waals surface area contributed by atoms with Gasteiger partial charge in [-0.25, -0.2) is 18.7 Å². The largest absolute Gasteiger partial charge is 0.489 e. The molecule has 2 aromatic heterocycles. The zero-order chi connectivity index (χ0) is 58.0. The highest BCUT2D eigenvalue weighted by Crippen LogP contribution is 2.37. The third kappa shape index (κ3) is 16.5. The predicted molar refractivity (Wildman–Crippen MR) is 319 cm³/mol. The maximum atomic E-state index is 13.5. The highest BCUT2D eigenvalue weighted by molar-refractivity contribution is 6.32. The topological polar surface area (TPSA) is 190 Å². The fourth-order valence-electron chi connectivity index (χ4n) is 11.0. The molecule has 440 valence electrons. The Morgan fingerprint density at radius 3 is 1.48 bits per heavy atom. The number of carbonyl (C=O) groups is 2. The van der Waals surface area contributed by atoms with Gasteiger partial charge in [-0.1, -0.05) is 47.5 Å². The van der Waals surface area contributed by atoms with Gasteiger partial charge in [-0.15, -0.1) is 0 Å². The van der Waals surface area contributed by atoms with Gasteiger partial charge in [0.25, 0.3) is 0 Å². The van der Waals surface area contributed by atoms with E-state index < -0.39 is 24.2 Å². The van der Waals surface area contributed by atoms with E-state index in [1.807, 2.05) is 65.6 Å². The normalized spacial score (nSPS) is 20.4. The zero-order valence-corrected chi connectivity index (χ0v) is 48.1. The van der Waals surface area contributed by atoms with Crippen LogP contribution in [-0.2, 0) is 9.59 Å². The van der Waals surface area contributed by atoms with Crippen molar-refractivity contribution in [3.05, 3.63) is 154 Å². The summed E-state index contributed by atoms with van der Waals surface area (Å²) in [6, 6.07) is 34.0. The van der Waals surface area contributed by atoms with Crippen molar-refractivity contribution in [1.82, 2.24) is 25.1 Å². The minimum Gasteiger partial charge on any atom is -0.489 e. The average molecular weight is 1180 g/mol. The Kier molecular flexibility index (Phi) is 20.1. The summed E-state index contributed by atoms with van der Waals surface area (Å²) in [5.74, 6) is 0.945. The SMILES string of the molecule is N[C@H](CN1CCCC1)C(O)c1ccc(OC2CC2)c(Cl)c1.O=C(N[C@H](CN1CCCC1)[C@H](O)c1ccc(OC2CC2)c(Cl)c1)[C@@H]1CCN(c2cccc(-c3ccc(F)cc3)n2)C1.O=C(O)[C@@H]1CCN(c2cccc(-c3ccc(F)cc3)n2)C1. The number of ether oxygens (including phenoxy) is 2. The van der Waals surface area contributed by atoms with Crippen LogP contribution in [-0.4, -0.2) is 137 Å². The number of anilines is 2. The number of aliphatic carboxylic acids is 1. The van der Waals surface area contributed by atoms with Crippen LogP contribution in [0.2, 0.25) is 10.0 Å². The number of aliphatic hydroxyl groups excluding tert-OH is 2. The van der Waals surface area contributed by atoms with E-state index in [1.54, 1.807) is 36.4 Å². The lowest BCUT2D eigenvalue weighted by molar-refractivity contribution is -0.141. The minimum absolute atomic E-state index is 0.0646. The second kappa shape index (κ2) is 28.0. The number of nitrogens with two attached hydrogens (primary N) is 1. The number of carboxylic acids is 1. The van der Waals surface area contributed by atoms with Crippen LogP contribution in [0, 0.1) is 23.5 Å². The molecule has 4 aromatic carbocycles. The van der Waals surface area contributed by atoms with Gasteiger partial charge < -0.3 is 55.4 Å². The van der Waals surface area contributed by atoms with Gasteiger partial charge in [0.05, 0.1) is 57.6 Å². The monoisotopic (exact) mass is 1170 g/mol. The Hall–Kier alpha value is -6.44. The van der Waals surface area contributed by atoms with Crippen molar-refractivity contribution in [1.29, 1.82) is 0 Å². The number of nitrogens with one attached hydrogen (secondary N) is 1. The fraction of sp³-hybridized carbons (Fsp3) is 0.438. The number of halogens is 4. The molecule has 12 rings (SSSR count). The van der Waals surface area contributed by atoms with Crippen molar-refractivity contribution in [3.8, 4) is 34.0 Å². The molecule has 2 aliphatic carbocycles. The maximum absolute atomic E-state index is 13.5. The summed E-state index contributed by atoms with van der Waals surface area (Å²) in [5, 5.41) is 35.1. The van der Waals surface area contributed by atoms with Crippen LogP contribution in [0.15, 0.2) is 121 Å². The van der Waals surface area contributed by atoms with Crippen molar-refractivity contribution in [3.63, 3.8) is 0 Å². The summed E-state index contributed by atoms with van der Waals surface area (Å²) in [6.45, 7) is 7.79. The van der Waals surface area contributed by atoms with Crippen LogP contribution in [0.1, 0.15) is 87.5 Å².